The van der Waals surface area contributed by atoms with Crippen molar-refractivity contribution in [2.45, 2.75) is 32.5 Å². The van der Waals surface area contributed by atoms with E-state index in [-0.39, 0.29) is 5.95 Å². The predicted octanol–water partition coefficient (Wildman–Crippen LogP) is 4.45. The SMILES string of the molecule is CCC(C(=O)O)n1cc(-c2cc(C)cc(Nc3nccc(C(F)(F)F)n3)c2)cn1. The van der Waals surface area contributed by atoms with Crippen molar-refractivity contribution in [3.8, 4) is 11.1 Å². The fraction of sp³-hybridized carbons (Fsp3) is 0.263. The summed E-state index contributed by atoms with van der Waals surface area (Å²) < 4.78 is 39.9. The second-order valence-corrected chi connectivity index (χ2v) is 6.45. The Labute approximate surface area is 164 Å². The number of carboxylic acid groups (broad SMARTS) is 1. The number of hydrogen-bond acceptors (Lipinski definition) is 5. The summed E-state index contributed by atoms with van der Waals surface area (Å²) in [5.41, 5.74) is 1.71. The molecular formula is C19H18F3N5O2. The van der Waals surface area contributed by atoms with Crippen LogP contribution in [0.4, 0.5) is 24.8 Å². The quantitative estimate of drug-likeness (QED) is 0.630. The summed E-state index contributed by atoms with van der Waals surface area (Å²) in [4.78, 5) is 18.7. The number of alkyl halides is 3. The molecule has 0 aliphatic heterocycles. The summed E-state index contributed by atoms with van der Waals surface area (Å²) in [5.74, 6) is -1.15. The van der Waals surface area contributed by atoms with E-state index in [2.05, 4.69) is 20.4 Å². The minimum absolute atomic E-state index is 0.177. The molecule has 29 heavy (non-hydrogen) atoms. The first kappa shape index (κ1) is 20.3. The number of nitrogens with zero attached hydrogens (tertiary/aromatic N) is 4. The maximum absolute atomic E-state index is 12.8. The van der Waals surface area contributed by atoms with Gasteiger partial charge in [-0.1, -0.05) is 13.0 Å². The number of hydrogen-bond donors (Lipinski definition) is 2. The second kappa shape index (κ2) is 7.90. The molecule has 1 atom stereocenters. The minimum atomic E-state index is -4.56. The van der Waals surface area contributed by atoms with E-state index in [1.54, 1.807) is 31.5 Å². The number of aromatic nitrogens is 4. The third-order valence-electron chi connectivity index (χ3n) is 4.21. The van der Waals surface area contributed by atoms with E-state index >= 15 is 0 Å². The van der Waals surface area contributed by atoms with Crippen LogP contribution >= 0.6 is 0 Å². The van der Waals surface area contributed by atoms with E-state index in [1.165, 1.54) is 4.68 Å². The van der Waals surface area contributed by atoms with Crippen LogP contribution < -0.4 is 5.32 Å². The molecule has 2 heterocycles. The zero-order valence-electron chi connectivity index (χ0n) is 15.6. The average molecular weight is 405 g/mol. The van der Waals surface area contributed by atoms with Crippen LogP contribution in [0.1, 0.15) is 30.6 Å². The van der Waals surface area contributed by atoms with E-state index in [9.17, 15) is 23.1 Å². The van der Waals surface area contributed by atoms with Gasteiger partial charge in [0.15, 0.2) is 0 Å². The summed E-state index contributed by atoms with van der Waals surface area (Å²) in [6.45, 7) is 3.59. The Bertz CT molecular complexity index is 1030. The Kier molecular flexibility index (Phi) is 5.53. The van der Waals surface area contributed by atoms with E-state index in [4.69, 9.17) is 0 Å². The molecule has 3 rings (SSSR count). The highest BCUT2D eigenvalue weighted by atomic mass is 19.4. The van der Waals surface area contributed by atoms with Crippen LogP contribution in [0.3, 0.4) is 0 Å². The summed E-state index contributed by atoms with van der Waals surface area (Å²) in [7, 11) is 0. The molecule has 2 aromatic heterocycles. The van der Waals surface area contributed by atoms with Crippen molar-refractivity contribution < 1.29 is 23.1 Å². The van der Waals surface area contributed by atoms with Crippen molar-refractivity contribution in [1.29, 1.82) is 0 Å². The van der Waals surface area contributed by atoms with Crippen molar-refractivity contribution in [2.75, 3.05) is 5.32 Å². The van der Waals surface area contributed by atoms with Gasteiger partial charge in [-0.2, -0.15) is 18.3 Å². The predicted molar refractivity (Wildman–Crippen MR) is 99.7 cm³/mol. The Morgan fingerprint density at radius 2 is 2.03 bits per heavy atom. The Morgan fingerprint density at radius 3 is 2.69 bits per heavy atom. The van der Waals surface area contributed by atoms with E-state index in [0.717, 1.165) is 23.4 Å². The van der Waals surface area contributed by atoms with Gasteiger partial charge in [-0.15, -0.1) is 0 Å². The molecule has 0 fully saturated rings. The van der Waals surface area contributed by atoms with Gasteiger partial charge in [-0.3, -0.25) is 4.68 Å². The molecule has 1 aromatic carbocycles. The number of anilines is 2. The molecule has 2 N–H and O–H groups in total. The maximum Gasteiger partial charge on any atom is 0.433 e. The molecule has 7 nitrogen and oxygen atoms in total. The van der Waals surface area contributed by atoms with E-state index in [0.29, 0.717) is 17.7 Å². The summed E-state index contributed by atoms with van der Waals surface area (Å²) >= 11 is 0. The van der Waals surface area contributed by atoms with Crippen LogP contribution in [0.15, 0.2) is 42.9 Å². The highest BCUT2D eigenvalue weighted by Gasteiger charge is 2.32. The number of carboxylic acids is 1. The van der Waals surface area contributed by atoms with Crippen molar-refractivity contribution in [2.24, 2.45) is 0 Å². The molecule has 0 aliphatic carbocycles. The van der Waals surface area contributed by atoms with Crippen LogP contribution in [-0.4, -0.2) is 30.8 Å². The zero-order valence-corrected chi connectivity index (χ0v) is 15.6. The van der Waals surface area contributed by atoms with Gasteiger partial charge in [0.05, 0.1) is 6.20 Å². The van der Waals surface area contributed by atoms with Crippen molar-refractivity contribution in [1.82, 2.24) is 19.7 Å². The fourth-order valence-corrected chi connectivity index (χ4v) is 2.86. The van der Waals surface area contributed by atoms with E-state index in [1.807, 2.05) is 13.0 Å². The van der Waals surface area contributed by atoms with Crippen LogP contribution in [-0.2, 0) is 11.0 Å². The Morgan fingerprint density at radius 1 is 1.28 bits per heavy atom. The first-order chi connectivity index (χ1) is 13.7. The molecular weight excluding hydrogens is 387 g/mol. The number of aliphatic carboxylic acids is 1. The number of carbonyl (C=O) groups is 1. The van der Waals surface area contributed by atoms with Gasteiger partial charge in [-0.25, -0.2) is 14.8 Å². The number of benzene rings is 1. The number of halogens is 3. The molecule has 0 amide bonds. The number of rotatable bonds is 6. The molecule has 0 spiro atoms. The molecule has 152 valence electrons. The number of nitrogens with one attached hydrogen (secondary N) is 1. The highest BCUT2D eigenvalue weighted by Crippen LogP contribution is 2.29. The lowest BCUT2D eigenvalue weighted by Gasteiger charge is -2.11. The van der Waals surface area contributed by atoms with Gasteiger partial charge in [-0.05, 0) is 42.7 Å². The first-order valence-electron chi connectivity index (χ1n) is 8.73. The normalized spacial score (nSPS) is 12.6. The van der Waals surface area contributed by atoms with Crippen LogP contribution in [0.5, 0.6) is 0 Å². The minimum Gasteiger partial charge on any atom is -0.480 e. The van der Waals surface area contributed by atoms with Crippen molar-refractivity contribution >= 4 is 17.6 Å². The third kappa shape index (κ3) is 4.71. The van der Waals surface area contributed by atoms with Gasteiger partial charge in [0, 0.05) is 23.6 Å². The monoisotopic (exact) mass is 405 g/mol. The van der Waals surface area contributed by atoms with Crippen LogP contribution in [0, 0.1) is 6.92 Å². The lowest BCUT2D eigenvalue weighted by Crippen LogP contribution is -2.18. The van der Waals surface area contributed by atoms with Gasteiger partial charge in [0.25, 0.3) is 0 Å². The summed E-state index contributed by atoms with van der Waals surface area (Å²) in [6.07, 6.45) is 0.0257. The lowest BCUT2D eigenvalue weighted by molar-refractivity contribution is -0.142. The van der Waals surface area contributed by atoms with Crippen molar-refractivity contribution in [3.63, 3.8) is 0 Å². The lowest BCUT2D eigenvalue weighted by atomic mass is 10.1. The maximum atomic E-state index is 12.8. The smallest absolute Gasteiger partial charge is 0.433 e. The van der Waals surface area contributed by atoms with Crippen LogP contribution in [0.2, 0.25) is 0 Å². The first-order valence-corrected chi connectivity index (χ1v) is 8.73. The third-order valence-corrected chi connectivity index (χ3v) is 4.21. The standard InChI is InChI=1S/C19H18F3N5O2/c1-3-15(17(28)29)27-10-13(9-24-27)12-6-11(2)7-14(8-12)25-18-23-5-4-16(26-18)19(20,21)22/h4-10,15H,3H2,1-2H3,(H,28,29)(H,23,25,26). The largest absolute Gasteiger partial charge is 0.480 e. The fourth-order valence-electron chi connectivity index (χ4n) is 2.86. The van der Waals surface area contributed by atoms with E-state index < -0.39 is 23.9 Å². The molecule has 0 aliphatic rings. The Balaban J connectivity index is 1.90. The highest BCUT2D eigenvalue weighted by molar-refractivity contribution is 5.73. The molecule has 0 saturated carbocycles. The van der Waals surface area contributed by atoms with Crippen LogP contribution in [0.25, 0.3) is 11.1 Å². The molecule has 0 bridgehead atoms. The summed E-state index contributed by atoms with van der Waals surface area (Å²) in [5, 5.41) is 16.2. The Hall–Kier alpha value is -3.43. The molecule has 3 aromatic rings. The summed E-state index contributed by atoms with van der Waals surface area (Å²) in [6, 6.07) is 5.34. The molecule has 0 saturated heterocycles. The topological polar surface area (TPSA) is 92.9 Å². The average Bonchev–Trinajstić information content (AvgIpc) is 3.11. The zero-order chi connectivity index (χ0) is 21.2. The van der Waals surface area contributed by atoms with Gasteiger partial charge < -0.3 is 10.4 Å². The van der Waals surface area contributed by atoms with Gasteiger partial charge in [0.1, 0.15) is 11.7 Å². The van der Waals surface area contributed by atoms with Crippen molar-refractivity contribution in [3.05, 3.63) is 54.1 Å². The second-order valence-electron chi connectivity index (χ2n) is 6.45. The molecule has 10 heteroatoms. The molecule has 1 unspecified atom stereocenters. The van der Waals surface area contributed by atoms with Gasteiger partial charge in [0.2, 0.25) is 5.95 Å². The van der Waals surface area contributed by atoms with Gasteiger partial charge >= 0.3 is 12.1 Å². The molecule has 0 radical (unpaired) electrons. The number of aryl methyl sites for hydroxylation is 1.